The first-order valence-corrected chi connectivity index (χ1v) is 10.0. The third-order valence-electron chi connectivity index (χ3n) is 5.87. The van der Waals surface area contributed by atoms with Gasteiger partial charge in [0, 0.05) is 37.9 Å². The smallest absolute Gasteiger partial charge is 0.251 e. The molecule has 2 amide bonds. The molecule has 4 rings (SSSR count). The summed E-state index contributed by atoms with van der Waals surface area (Å²) < 4.78 is 5.35. The standard InChI is InChI=1S/C22H27N3O3/c23-22(9-12-28-13-10-22)21(27)25-11-3-6-19(15-25)24-20(26)18-8-7-16-4-1-2-5-17(16)14-18/h1-2,4-5,7-8,14,19H,3,6,9-13,15,23H2,(H,24,26). The minimum atomic E-state index is -0.831. The van der Waals surface area contributed by atoms with Gasteiger partial charge in [0.15, 0.2) is 0 Å². The van der Waals surface area contributed by atoms with Gasteiger partial charge in [-0.3, -0.25) is 9.59 Å². The van der Waals surface area contributed by atoms with E-state index in [1.807, 2.05) is 47.4 Å². The number of nitrogens with one attached hydrogen (secondary N) is 1. The van der Waals surface area contributed by atoms with Crippen LogP contribution in [0.1, 0.15) is 36.0 Å². The topological polar surface area (TPSA) is 84.7 Å². The second-order valence-corrected chi connectivity index (χ2v) is 7.89. The van der Waals surface area contributed by atoms with Gasteiger partial charge in [-0.05, 0) is 48.6 Å². The largest absolute Gasteiger partial charge is 0.381 e. The molecule has 1 atom stereocenters. The van der Waals surface area contributed by atoms with E-state index in [9.17, 15) is 9.59 Å². The van der Waals surface area contributed by atoms with Gasteiger partial charge in [-0.1, -0.05) is 30.3 Å². The van der Waals surface area contributed by atoms with Crippen molar-refractivity contribution in [2.45, 2.75) is 37.3 Å². The molecule has 0 spiro atoms. The van der Waals surface area contributed by atoms with Crippen LogP contribution in [0.5, 0.6) is 0 Å². The zero-order valence-electron chi connectivity index (χ0n) is 16.0. The summed E-state index contributed by atoms with van der Waals surface area (Å²) in [5.74, 6) is -0.112. The number of nitrogens with two attached hydrogens (primary N) is 1. The van der Waals surface area contributed by atoms with Crippen LogP contribution < -0.4 is 11.1 Å². The number of ether oxygens (including phenoxy) is 1. The van der Waals surface area contributed by atoms with E-state index < -0.39 is 5.54 Å². The lowest BCUT2D eigenvalue weighted by Gasteiger charge is -2.40. The molecule has 0 bridgehead atoms. The van der Waals surface area contributed by atoms with Crippen LogP contribution in [0.4, 0.5) is 0 Å². The Labute approximate surface area is 165 Å². The van der Waals surface area contributed by atoms with Gasteiger partial charge in [0.05, 0.1) is 5.54 Å². The fourth-order valence-electron chi connectivity index (χ4n) is 4.14. The molecule has 1 unspecified atom stereocenters. The molecule has 2 aromatic rings. The summed E-state index contributed by atoms with van der Waals surface area (Å²) in [6.07, 6.45) is 2.83. The number of nitrogens with zero attached hydrogens (tertiary/aromatic N) is 1. The number of carbonyl (C=O) groups excluding carboxylic acids is 2. The van der Waals surface area contributed by atoms with Crippen LogP contribution in [0.2, 0.25) is 0 Å². The predicted octanol–water partition coefficient (Wildman–Crippen LogP) is 2.07. The summed E-state index contributed by atoms with van der Waals surface area (Å²) in [5.41, 5.74) is 6.18. The molecule has 0 saturated carbocycles. The highest BCUT2D eigenvalue weighted by Gasteiger charge is 2.40. The molecule has 2 heterocycles. The van der Waals surface area contributed by atoms with Crippen molar-refractivity contribution >= 4 is 22.6 Å². The molecule has 2 fully saturated rings. The highest BCUT2D eigenvalue weighted by Crippen LogP contribution is 2.23. The average molecular weight is 381 g/mol. The number of carbonyl (C=O) groups is 2. The molecule has 148 valence electrons. The van der Waals surface area contributed by atoms with Gasteiger partial charge in [0.2, 0.25) is 5.91 Å². The Morgan fingerprint density at radius 3 is 2.64 bits per heavy atom. The van der Waals surface area contributed by atoms with Crippen LogP contribution in [0.25, 0.3) is 10.8 Å². The van der Waals surface area contributed by atoms with Crippen LogP contribution in [0.3, 0.4) is 0 Å². The summed E-state index contributed by atoms with van der Waals surface area (Å²) in [4.78, 5) is 27.5. The Morgan fingerprint density at radius 2 is 1.86 bits per heavy atom. The Kier molecular flexibility index (Phi) is 5.33. The van der Waals surface area contributed by atoms with Crippen molar-refractivity contribution in [3.8, 4) is 0 Å². The zero-order chi connectivity index (χ0) is 19.6. The maximum absolute atomic E-state index is 13.0. The van der Waals surface area contributed by atoms with E-state index in [2.05, 4.69) is 5.32 Å². The van der Waals surface area contributed by atoms with Crippen LogP contribution in [-0.4, -0.2) is 54.6 Å². The molecule has 0 radical (unpaired) electrons. The van der Waals surface area contributed by atoms with E-state index in [0.29, 0.717) is 44.7 Å². The van der Waals surface area contributed by atoms with E-state index >= 15 is 0 Å². The maximum atomic E-state index is 13.0. The first-order valence-electron chi connectivity index (χ1n) is 10.0. The van der Waals surface area contributed by atoms with Crippen molar-refractivity contribution in [1.29, 1.82) is 0 Å². The van der Waals surface area contributed by atoms with Crippen LogP contribution >= 0.6 is 0 Å². The van der Waals surface area contributed by atoms with E-state index in [1.165, 1.54) is 0 Å². The molecule has 3 N–H and O–H groups in total. The Morgan fingerprint density at radius 1 is 1.11 bits per heavy atom. The zero-order valence-corrected chi connectivity index (χ0v) is 16.0. The number of likely N-dealkylation sites (tertiary alicyclic amines) is 1. The predicted molar refractivity (Wildman–Crippen MR) is 108 cm³/mol. The monoisotopic (exact) mass is 381 g/mol. The maximum Gasteiger partial charge on any atom is 0.251 e. The van der Waals surface area contributed by atoms with Gasteiger partial charge in [-0.2, -0.15) is 0 Å². The molecule has 0 aliphatic carbocycles. The van der Waals surface area contributed by atoms with Crippen molar-refractivity contribution < 1.29 is 14.3 Å². The number of piperidine rings is 1. The molecule has 6 nitrogen and oxygen atoms in total. The van der Waals surface area contributed by atoms with Gasteiger partial charge in [0.25, 0.3) is 5.91 Å². The van der Waals surface area contributed by atoms with Crippen molar-refractivity contribution in [2.75, 3.05) is 26.3 Å². The first kappa shape index (κ1) is 18.9. The number of hydrogen-bond donors (Lipinski definition) is 2. The van der Waals surface area contributed by atoms with E-state index in [-0.39, 0.29) is 17.9 Å². The van der Waals surface area contributed by atoms with Crippen molar-refractivity contribution in [3.05, 3.63) is 48.0 Å². The molecule has 2 aliphatic heterocycles. The fraction of sp³-hybridized carbons (Fsp3) is 0.455. The van der Waals surface area contributed by atoms with Crippen LogP contribution in [-0.2, 0) is 9.53 Å². The minimum absolute atomic E-state index is 0.0135. The van der Waals surface area contributed by atoms with Crippen LogP contribution in [0.15, 0.2) is 42.5 Å². The van der Waals surface area contributed by atoms with Gasteiger partial charge in [-0.15, -0.1) is 0 Å². The average Bonchev–Trinajstić information content (AvgIpc) is 2.73. The van der Waals surface area contributed by atoms with Gasteiger partial charge < -0.3 is 20.7 Å². The first-order chi connectivity index (χ1) is 13.5. The SMILES string of the molecule is NC1(C(=O)N2CCCC(NC(=O)c3ccc4ccccc4c3)C2)CCOCC1. The lowest BCUT2D eigenvalue weighted by Crippen LogP contribution is -2.61. The molecular weight excluding hydrogens is 354 g/mol. The van der Waals surface area contributed by atoms with Crippen molar-refractivity contribution in [2.24, 2.45) is 5.73 Å². The number of benzene rings is 2. The second-order valence-electron chi connectivity index (χ2n) is 7.89. The highest BCUT2D eigenvalue weighted by atomic mass is 16.5. The lowest BCUT2D eigenvalue weighted by molar-refractivity contribution is -0.141. The summed E-state index contributed by atoms with van der Waals surface area (Å²) in [5, 5.41) is 5.25. The lowest BCUT2D eigenvalue weighted by atomic mass is 9.88. The number of amides is 2. The number of hydrogen-bond acceptors (Lipinski definition) is 4. The molecule has 6 heteroatoms. The van der Waals surface area contributed by atoms with Gasteiger partial charge in [0.1, 0.15) is 0 Å². The third kappa shape index (κ3) is 3.88. The summed E-state index contributed by atoms with van der Waals surface area (Å²) in [6, 6.07) is 13.6. The fourth-order valence-corrected chi connectivity index (χ4v) is 4.14. The molecular formula is C22H27N3O3. The van der Waals surface area contributed by atoms with E-state index in [0.717, 1.165) is 23.6 Å². The molecule has 28 heavy (non-hydrogen) atoms. The molecule has 0 aromatic heterocycles. The molecule has 2 saturated heterocycles. The number of rotatable bonds is 3. The minimum Gasteiger partial charge on any atom is -0.381 e. The van der Waals surface area contributed by atoms with E-state index in [1.54, 1.807) is 0 Å². The van der Waals surface area contributed by atoms with Gasteiger partial charge in [-0.25, -0.2) is 0 Å². The molecule has 2 aliphatic rings. The van der Waals surface area contributed by atoms with Crippen LogP contribution in [0, 0.1) is 0 Å². The normalized spacial score (nSPS) is 22.0. The van der Waals surface area contributed by atoms with E-state index in [4.69, 9.17) is 10.5 Å². The van der Waals surface area contributed by atoms with Crippen molar-refractivity contribution in [1.82, 2.24) is 10.2 Å². The van der Waals surface area contributed by atoms with Gasteiger partial charge >= 0.3 is 0 Å². The Hall–Kier alpha value is -2.44. The quantitative estimate of drug-likeness (QED) is 0.852. The highest BCUT2D eigenvalue weighted by molar-refractivity contribution is 5.98. The molecule has 2 aromatic carbocycles. The Balaban J connectivity index is 1.41. The van der Waals surface area contributed by atoms with Crippen molar-refractivity contribution in [3.63, 3.8) is 0 Å². The summed E-state index contributed by atoms with van der Waals surface area (Å²) >= 11 is 0. The number of fused-ring (bicyclic) bond motifs is 1. The Bertz CT molecular complexity index is 876. The summed E-state index contributed by atoms with van der Waals surface area (Å²) in [6.45, 7) is 2.26. The summed E-state index contributed by atoms with van der Waals surface area (Å²) in [7, 11) is 0. The second kappa shape index (κ2) is 7.89. The third-order valence-corrected chi connectivity index (χ3v) is 5.87.